The molecule has 2 rings (SSSR count). The lowest BCUT2D eigenvalue weighted by Gasteiger charge is -2.22. The van der Waals surface area contributed by atoms with Crippen molar-refractivity contribution in [2.24, 2.45) is 0 Å². The molecule has 1 unspecified atom stereocenters. The molecular weight excluding hydrogens is 280 g/mol. The standard InChI is InChI=1S/C14H20N2O3.ClH/c1-18-12-4-2-3-11(9-12)5-6-16-14(17)13-10-15-7-8-19-13;/h2-4,9,13,15H,5-8,10H2,1H3,(H,16,17);1H. The lowest BCUT2D eigenvalue weighted by atomic mass is 10.1. The van der Waals surface area contributed by atoms with Gasteiger partial charge in [-0.15, -0.1) is 12.4 Å². The van der Waals surface area contributed by atoms with Crippen molar-refractivity contribution in [1.29, 1.82) is 0 Å². The Morgan fingerprint density at radius 2 is 2.40 bits per heavy atom. The quantitative estimate of drug-likeness (QED) is 0.843. The van der Waals surface area contributed by atoms with Crippen LogP contribution in [0.15, 0.2) is 24.3 Å². The second-order valence-corrected chi connectivity index (χ2v) is 4.46. The second-order valence-electron chi connectivity index (χ2n) is 4.46. The van der Waals surface area contributed by atoms with E-state index >= 15 is 0 Å². The van der Waals surface area contributed by atoms with Crippen LogP contribution in [0.5, 0.6) is 5.75 Å². The number of amides is 1. The number of halogens is 1. The number of carbonyl (C=O) groups excluding carboxylic acids is 1. The van der Waals surface area contributed by atoms with Gasteiger partial charge in [-0.3, -0.25) is 4.79 Å². The van der Waals surface area contributed by atoms with E-state index in [0.29, 0.717) is 19.7 Å². The van der Waals surface area contributed by atoms with Crippen molar-refractivity contribution < 1.29 is 14.3 Å². The molecule has 1 amide bonds. The third-order valence-corrected chi connectivity index (χ3v) is 3.07. The molecule has 1 heterocycles. The average molecular weight is 301 g/mol. The number of methoxy groups -OCH3 is 1. The predicted octanol–water partition coefficient (Wildman–Crippen LogP) is 0.764. The van der Waals surface area contributed by atoms with Crippen LogP contribution in [0.2, 0.25) is 0 Å². The SMILES string of the molecule is COc1cccc(CCNC(=O)C2CNCCO2)c1.Cl. The molecule has 1 aliphatic rings. The summed E-state index contributed by atoms with van der Waals surface area (Å²) in [4.78, 5) is 11.8. The predicted molar refractivity (Wildman–Crippen MR) is 79.6 cm³/mol. The van der Waals surface area contributed by atoms with Gasteiger partial charge in [0.2, 0.25) is 5.91 Å². The number of nitrogens with one attached hydrogen (secondary N) is 2. The molecule has 0 spiro atoms. The zero-order valence-corrected chi connectivity index (χ0v) is 12.4. The van der Waals surface area contributed by atoms with Crippen molar-refractivity contribution in [1.82, 2.24) is 10.6 Å². The first kappa shape index (κ1) is 16.8. The Bertz CT molecular complexity index is 423. The number of ether oxygens (including phenoxy) is 2. The molecule has 5 nitrogen and oxygen atoms in total. The zero-order valence-electron chi connectivity index (χ0n) is 11.6. The van der Waals surface area contributed by atoms with Gasteiger partial charge in [0.25, 0.3) is 0 Å². The lowest BCUT2D eigenvalue weighted by molar-refractivity contribution is -0.134. The molecule has 0 aromatic heterocycles. The van der Waals surface area contributed by atoms with Crippen LogP contribution in [0.25, 0.3) is 0 Å². The first-order valence-electron chi connectivity index (χ1n) is 6.52. The maximum Gasteiger partial charge on any atom is 0.250 e. The van der Waals surface area contributed by atoms with Gasteiger partial charge >= 0.3 is 0 Å². The average Bonchev–Trinajstić information content (AvgIpc) is 2.48. The number of rotatable bonds is 5. The molecule has 6 heteroatoms. The van der Waals surface area contributed by atoms with E-state index in [9.17, 15) is 4.79 Å². The van der Waals surface area contributed by atoms with Crippen LogP contribution in [-0.2, 0) is 16.0 Å². The Balaban J connectivity index is 0.00000200. The van der Waals surface area contributed by atoms with Gasteiger partial charge in [-0.1, -0.05) is 12.1 Å². The topological polar surface area (TPSA) is 59.6 Å². The Hall–Kier alpha value is -1.30. The van der Waals surface area contributed by atoms with Gasteiger partial charge in [-0.05, 0) is 24.1 Å². The smallest absolute Gasteiger partial charge is 0.250 e. The number of hydrogen-bond acceptors (Lipinski definition) is 4. The van der Waals surface area contributed by atoms with Crippen molar-refractivity contribution in [3.05, 3.63) is 29.8 Å². The van der Waals surface area contributed by atoms with Crippen LogP contribution in [-0.4, -0.2) is 45.4 Å². The molecule has 0 bridgehead atoms. The largest absolute Gasteiger partial charge is 0.497 e. The highest BCUT2D eigenvalue weighted by molar-refractivity contribution is 5.85. The highest BCUT2D eigenvalue weighted by Gasteiger charge is 2.20. The summed E-state index contributed by atoms with van der Waals surface area (Å²) in [6, 6.07) is 7.85. The van der Waals surface area contributed by atoms with Gasteiger partial charge in [-0.2, -0.15) is 0 Å². The van der Waals surface area contributed by atoms with Crippen LogP contribution in [0.1, 0.15) is 5.56 Å². The lowest BCUT2D eigenvalue weighted by Crippen LogP contribution is -2.48. The van der Waals surface area contributed by atoms with E-state index in [2.05, 4.69) is 10.6 Å². The molecule has 1 fully saturated rings. The van der Waals surface area contributed by atoms with Gasteiger partial charge in [-0.25, -0.2) is 0 Å². The summed E-state index contributed by atoms with van der Waals surface area (Å²) in [5.74, 6) is 0.790. The van der Waals surface area contributed by atoms with Gasteiger partial charge in [0.1, 0.15) is 11.9 Å². The van der Waals surface area contributed by atoms with E-state index in [4.69, 9.17) is 9.47 Å². The Morgan fingerprint density at radius 1 is 1.55 bits per heavy atom. The number of hydrogen-bond donors (Lipinski definition) is 2. The van der Waals surface area contributed by atoms with E-state index in [1.807, 2.05) is 24.3 Å². The normalized spacial score (nSPS) is 17.9. The fraction of sp³-hybridized carbons (Fsp3) is 0.500. The van der Waals surface area contributed by atoms with Crippen LogP contribution in [0, 0.1) is 0 Å². The van der Waals surface area contributed by atoms with Gasteiger partial charge in [0.05, 0.1) is 13.7 Å². The van der Waals surface area contributed by atoms with Crippen molar-refractivity contribution in [2.45, 2.75) is 12.5 Å². The van der Waals surface area contributed by atoms with Crippen LogP contribution in [0.3, 0.4) is 0 Å². The van der Waals surface area contributed by atoms with E-state index in [0.717, 1.165) is 24.3 Å². The Morgan fingerprint density at radius 3 is 3.10 bits per heavy atom. The highest BCUT2D eigenvalue weighted by atomic mass is 35.5. The third-order valence-electron chi connectivity index (χ3n) is 3.07. The molecule has 1 aliphatic heterocycles. The van der Waals surface area contributed by atoms with E-state index in [-0.39, 0.29) is 24.4 Å². The molecule has 0 saturated carbocycles. The monoisotopic (exact) mass is 300 g/mol. The minimum Gasteiger partial charge on any atom is -0.497 e. The molecule has 20 heavy (non-hydrogen) atoms. The van der Waals surface area contributed by atoms with Crippen LogP contribution in [0.4, 0.5) is 0 Å². The summed E-state index contributed by atoms with van der Waals surface area (Å²) in [6.45, 7) is 2.60. The Labute approximate surface area is 125 Å². The molecule has 112 valence electrons. The molecule has 0 aliphatic carbocycles. The van der Waals surface area contributed by atoms with E-state index < -0.39 is 0 Å². The maximum absolute atomic E-state index is 11.8. The van der Waals surface area contributed by atoms with Gasteiger partial charge in [0.15, 0.2) is 0 Å². The highest BCUT2D eigenvalue weighted by Crippen LogP contribution is 2.12. The summed E-state index contributed by atoms with van der Waals surface area (Å²) in [5.41, 5.74) is 1.14. The summed E-state index contributed by atoms with van der Waals surface area (Å²) >= 11 is 0. The van der Waals surface area contributed by atoms with Crippen LogP contribution < -0.4 is 15.4 Å². The first-order valence-corrected chi connectivity index (χ1v) is 6.52. The number of benzene rings is 1. The molecule has 1 saturated heterocycles. The summed E-state index contributed by atoms with van der Waals surface area (Å²) in [5, 5.41) is 6.03. The minimum absolute atomic E-state index is 0. The van der Waals surface area contributed by atoms with Crippen molar-refractivity contribution >= 4 is 18.3 Å². The summed E-state index contributed by atoms with van der Waals surface area (Å²) in [6.07, 6.45) is 0.419. The summed E-state index contributed by atoms with van der Waals surface area (Å²) in [7, 11) is 1.65. The molecule has 2 N–H and O–H groups in total. The van der Waals surface area contributed by atoms with Crippen molar-refractivity contribution in [2.75, 3.05) is 33.4 Å². The molecule has 1 aromatic carbocycles. The fourth-order valence-corrected chi connectivity index (χ4v) is 2.01. The van der Waals surface area contributed by atoms with Crippen molar-refractivity contribution in [3.63, 3.8) is 0 Å². The molecule has 0 radical (unpaired) electrons. The molecule has 1 atom stereocenters. The van der Waals surface area contributed by atoms with Crippen molar-refractivity contribution in [3.8, 4) is 5.75 Å². The van der Waals surface area contributed by atoms with Gasteiger partial charge < -0.3 is 20.1 Å². The Kier molecular flexibility index (Phi) is 7.36. The summed E-state index contributed by atoms with van der Waals surface area (Å²) < 4.78 is 10.5. The molecular formula is C14H21ClN2O3. The number of carbonyl (C=O) groups is 1. The minimum atomic E-state index is -0.362. The number of morpholine rings is 1. The van der Waals surface area contributed by atoms with E-state index in [1.54, 1.807) is 7.11 Å². The fourth-order valence-electron chi connectivity index (χ4n) is 2.01. The second kappa shape index (κ2) is 8.79. The van der Waals surface area contributed by atoms with Crippen LogP contribution >= 0.6 is 12.4 Å². The van der Waals surface area contributed by atoms with Gasteiger partial charge in [0, 0.05) is 19.6 Å². The first-order chi connectivity index (χ1) is 9.29. The maximum atomic E-state index is 11.8. The molecule has 1 aromatic rings. The van der Waals surface area contributed by atoms with E-state index in [1.165, 1.54) is 0 Å². The third kappa shape index (κ3) is 5.00. The zero-order chi connectivity index (χ0) is 13.5.